The van der Waals surface area contributed by atoms with E-state index in [9.17, 15) is 8.78 Å². The monoisotopic (exact) mass is 246 g/mol. The van der Waals surface area contributed by atoms with Crippen LogP contribution in [0.1, 0.15) is 11.1 Å². The van der Waals surface area contributed by atoms with E-state index < -0.39 is 5.92 Å². The Morgan fingerprint density at radius 1 is 1.46 bits per heavy atom. The minimum Gasteiger partial charge on any atom is -0.196 e. The van der Waals surface area contributed by atoms with Crippen molar-refractivity contribution in [2.24, 2.45) is 0 Å². The fourth-order valence-electron chi connectivity index (χ4n) is 1.00. The van der Waals surface area contributed by atoms with E-state index in [1.54, 1.807) is 19.1 Å². The van der Waals surface area contributed by atoms with Crippen molar-refractivity contribution >= 4 is 15.9 Å². The van der Waals surface area contributed by atoms with Gasteiger partial charge in [-0.25, -0.2) is 0 Å². The lowest BCUT2D eigenvalue weighted by molar-refractivity contribution is 0.0517. The molecule has 1 aromatic rings. The smallest absolute Gasteiger partial charge is 0.196 e. The Balaban J connectivity index is 3.28. The van der Waals surface area contributed by atoms with Gasteiger partial charge in [0.15, 0.2) is 0 Å². The first kappa shape index (κ1) is 10.4. The van der Waals surface area contributed by atoms with E-state index in [2.05, 4.69) is 22.5 Å². The molecule has 3 heteroatoms. The van der Waals surface area contributed by atoms with Crippen LogP contribution < -0.4 is 0 Å². The van der Waals surface area contributed by atoms with Crippen LogP contribution in [-0.2, 0) is 5.92 Å². The predicted molar refractivity (Wildman–Crippen MR) is 53.0 cm³/mol. The van der Waals surface area contributed by atoms with Crippen LogP contribution >= 0.6 is 15.9 Å². The first-order chi connectivity index (χ1) is 5.97. The topological polar surface area (TPSA) is 0 Å². The van der Waals surface area contributed by atoms with Gasteiger partial charge < -0.3 is 0 Å². The number of hydrogen-bond donors (Lipinski definition) is 0. The SMILES string of the molecule is C=CC(F)(F)c1cc(C)ccc1Br. The molecule has 0 atom stereocenters. The van der Waals surface area contributed by atoms with Crippen LogP contribution in [0, 0.1) is 6.92 Å². The molecule has 0 radical (unpaired) electrons. The highest BCUT2D eigenvalue weighted by Gasteiger charge is 2.29. The normalized spacial score (nSPS) is 11.4. The summed E-state index contributed by atoms with van der Waals surface area (Å²) in [5, 5.41) is 0. The van der Waals surface area contributed by atoms with Gasteiger partial charge in [-0.15, -0.1) is 0 Å². The molecule has 0 saturated heterocycles. The Labute approximate surface area is 84.4 Å². The maximum absolute atomic E-state index is 13.2. The molecule has 0 aliphatic carbocycles. The van der Waals surface area contributed by atoms with Gasteiger partial charge >= 0.3 is 0 Å². The van der Waals surface area contributed by atoms with Crippen molar-refractivity contribution in [3.8, 4) is 0 Å². The van der Waals surface area contributed by atoms with Gasteiger partial charge in [-0.1, -0.05) is 34.1 Å². The molecule has 1 rings (SSSR count). The first-order valence-electron chi connectivity index (χ1n) is 3.75. The van der Waals surface area contributed by atoms with E-state index in [4.69, 9.17) is 0 Å². The van der Waals surface area contributed by atoms with Crippen molar-refractivity contribution in [2.75, 3.05) is 0 Å². The highest BCUT2D eigenvalue weighted by atomic mass is 79.9. The van der Waals surface area contributed by atoms with Crippen LogP contribution in [-0.4, -0.2) is 0 Å². The molecule has 0 heterocycles. The number of hydrogen-bond acceptors (Lipinski definition) is 0. The first-order valence-corrected chi connectivity index (χ1v) is 4.54. The van der Waals surface area contributed by atoms with Crippen molar-refractivity contribution < 1.29 is 8.78 Å². The number of aryl methyl sites for hydroxylation is 1. The minimum atomic E-state index is -2.97. The molecule has 0 aliphatic heterocycles. The third kappa shape index (κ3) is 2.15. The third-order valence-corrected chi connectivity index (χ3v) is 2.43. The van der Waals surface area contributed by atoms with Crippen LogP contribution in [0.4, 0.5) is 8.78 Å². The molecule has 0 amide bonds. The summed E-state index contributed by atoms with van der Waals surface area (Å²) in [5.41, 5.74) is 0.766. The van der Waals surface area contributed by atoms with E-state index in [-0.39, 0.29) is 5.56 Å². The maximum atomic E-state index is 13.2. The highest BCUT2D eigenvalue weighted by molar-refractivity contribution is 9.10. The Kier molecular flexibility index (Phi) is 2.86. The van der Waals surface area contributed by atoms with Crippen LogP contribution in [0.3, 0.4) is 0 Å². The molecule has 0 nitrogen and oxygen atoms in total. The Morgan fingerprint density at radius 2 is 2.08 bits per heavy atom. The van der Waals surface area contributed by atoms with E-state index in [1.807, 2.05) is 0 Å². The summed E-state index contributed by atoms with van der Waals surface area (Å²) in [6.45, 7) is 4.88. The molecule has 1 aromatic carbocycles. The molecule has 70 valence electrons. The lowest BCUT2D eigenvalue weighted by atomic mass is 10.1. The molecular formula is C10H9BrF2. The molecule has 0 fully saturated rings. The summed E-state index contributed by atoms with van der Waals surface area (Å²) >= 11 is 3.08. The highest BCUT2D eigenvalue weighted by Crippen LogP contribution is 2.34. The van der Waals surface area contributed by atoms with Gasteiger partial charge in [0.2, 0.25) is 0 Å². The van der Waals surface area contributed by atoms with Crippen molar-refractivity contribution in [1.82, 2.24) is 0 Å². The Bertz CT molecular complexity index is 332. The van der Waals surface area contributed by atoms with Crippen molar-refractivity contribution in [3.05, 3.63) is 46.5 Å². The van der Waals surface area contributed by atoms with Crippen LogP contribution in [0.15, 0.2) is 35.3 Å². The Hall–Kier alpha value is -0.700. The van der Waals surface area contributed by atoms with Crippen LogP contribution in [0.25, 0.3) is 0 Å². The van der Waals surface area contributed by atoms with E-state index in [0.29, 0.717) is 10.5 Å². The van der Waals surface area contributed by atoms with Gasteiger partial charge in [-0.2, -0.15) is 8.78 Å². The average Bonchev–Trinajstić information content (AvgIpc) is 2.09. The molecule has 0 spiro atoms. The fraction of sp³-hybridized carbons (Fsp3) is 0.200. The van der Waals surface area contributed by atoms with Gasteiger partial charge in [-0.3, -0.25) is 0 Å². The van der Waals surface area contributed by atoms with Gasteiger partial charge in [0.05, 0.1) is 0 Å². The summed E-state index contributed by atoms with van der Waals surface area (Å²) in [7, 11) is 0. The molecule has 0 unspecified atom stereocenters. The minimum absolute atomic E-state index is 0.0394. The van der Waals surface area contributed by atoms with Gasteiger partial charge in [0, 0.05) is 10.0 Å². The number of allylic oxidation sites excluding steroid dienone is 1. The van der Waals surface area contributed by atoms with Crippen molar-refractivity contribution in [1.29, 1.82) is 0 Å². The number of rotatable bonds is 2. The zero-order valence-electron chi connectivity index (χ0n) is 7.15. The quantitative estimate of drug-likeness (QED) is 0.692. The summed E-state index contributed by atoms with van der Waals surface area (Å²) < 4.78 is 26.8. The second-order valence-corrected chi connectivity index (χ2v) is 3.66. The van der Waals surface area contributed by atoms with Gasteiger partial charge in [-0.05, 0) is 25.1 Å². The molecule has 0 aliphatic rings. The van der Waals surface area contributed by atoms with E-state index in [0.717, 1.165) is 5.56 Å². The zero-order chi connectivity index (χ0) is 10.1. The zero-order valence-corrected chi connectivity index (χ0v) is 8.74. The summed E-state index contributed by atoms with van der Waals surface area (Å²) in [5.74, 6) is -2.97. The van der Waals surface area contributed by atoms with Crippen LogP contribution in [0.2, 0.25) is 0 Å². The fourth-order valence-corrected chi connectivity index (χ4v) is 1.52. The molecule has 0 saturated carbocycles. The summed E-state index contributed by atoms with van der Waals surface area (Å²) in [4.78, 5) is 0. The van der Waals surface area contributed by atoms with Crippen molar-refractivity contribution in [3.63, 3.8) is 0 Å². The number of halogens is 3. The van der Waals surface area contributed by atoms with E-state index >= 15 is 0 Å². The molecule has 0 aromatic heterocycles. The second-order valence-electron chi connectivity index (χ2n) is 2.81. The molecular weight excluding hydrogens is 238 g/mol. The number of alkyl halides is 2. The number of benzene rings is 1. The lowest BCUT2D eigenvalue weighted by Crippen LogP contribution is -2.09. The van der Waals surface area contributed by atoms with Crippen molar-refractivity contribution in [2.45, 2.75) is 12.8 Å². The largest absolute Gasteiger partial charge is 0.292 e. The predicted octanol–water partition coefficient (Wildman–Crippen LogP) is 4.04. The Morgan fingerprint density at radius 3 is 2.62 bits per heavy atom. The van der Waals surface area contributed by atoms with Gasteiger partial charge in [0.1, 0.15) is 0 Å². The standard InChI is InChI=1S/C10H9BrF2/c1-3-10(12,13)8-6-7(2)4-5-9(8)11/h3-6H,1H2,2H3. The van der Waals surface area contributed by atoms with Gasteiger partial charge in [0.25, 0.3) is 5.92 Å². The average molecular weight is 247 g/mol. The molecule has 0 bridgehead atoms. The van der Waals surface area contributed by atoms with Crippen LogP contribution in [0.5, 0.6) is 0 Å². The summed E-state index contributed by atoms with van der Waals surface area (Å²) in [6, 6.07) is 4.83. The van der Waals surface area contributed by atoms with E-state index in [1.165, 1.54) is 6.07 Å². The molecule has 13 heavy (non-hydrogen) atoms. The third-order valence-electron chi connectivity index (χ3n) is 1.74. The summed E-state index contributed by atoms with van der Waals surface area (Å²) in [6.07, 6.45) is 0.645. The lowest BCUT2D eigenvalue weighted by Gasteiger charge is -2.14. The second kappa shape index (κ2) is 3.58. The molecule has 0 N–H and O–H groups in total. The maximum Gasteiger partial charge on any atom is 0.292 e.